The fourth-order valence-electron chi connectivity index (χ4n) is 6.94. The first-order chi connectivity index (χ1) is 12.1. The third kappa shape index (κ3) is 1.98. The van der Waals surface area contributed by atoms with Gasteiger partial charge in [0.25, 0.3) is 0 Å². The van der Waals surface area contributed by atoms with Crippen LogP contribution in [0, 0.1) is 34.5 Å². The van der Waals surface area contributed by atoms with Crippen LogP contribution in [0.5, 0.6) is 0 Å². The number of ether oxygens (including phenoxy) is 2. The van der Waals surface area contributed by atoms with Gasteiger partial charge in [-0.25, -0.2) is 0 Å². The van der Waals surface area contributed by atoms with Crippen molar-refractivity contribution in [1.29, 1.82) is 0 Å². The molecule has 5 heteroatoms. The van der Waals surface area contributed by atoms with E-state index in [9.17, 15) is 14.4 Å². The Labute approximate surface area is 154 Å². The van der Waals surface area contributed by atoms with Gasteiger partial charge in [-0.3, -0.25) is 14.4 Å². The largest absolute Gasteiger partial charge is 0.462 e. The van der Waals surface area contributed by atoms with E-state index < -0.39 is 22.9 Å². The van der Waals surface area contributed by atoms with Gasteiger partial charge in [0.1, 0.15) is 12.2 Å². The zero-order valence-corrected chi connectivity index (χ0v) is 16.2. The van der Waals surface area contributed by atoms with Gasteiger partial charge < -0.3 is 9.47 Å². The molecule has 1 aliphatic heterocycles. The predicted molar refractivity (Wildman–Crippen MR) is 94.1 cm³/mol. The summed E-state index contributed by atoms with van der Waals surface area (Å²) in [6.07, 6.45) is 2.50. The second-order valence-electron chi connectivity index (χ2n) is 9.25. The lowest BCUT2D eigenvalue weighted by Crippen LogP contribution is -2.70. The summed E-state index contributed by atoms with van der Waals surface area (Å²) < 4.78 is 11.3. The first-order valence-electron chi connectivity index (χ1n) is 9.64. The summed E-state index contributed by atoms with van der Waals surface area (Å²) in [7, 11) is 1.57. The van der Waals surface area contributed by atoms with Crippen molar-refractivity contribution in [2.75, 3.05) is 7.11 Å². The van der Waals surface area contributed by atoms with Gasteiger partial charge in [0.05, 0.1) is 6.42 Å². The van der Waals surface area contributed by atoms with Crippen molar-refractivity contribution in [2.24, 2.45) is 34.5 Å². The molecule has 8 unspecified atom stereocenters. The zero-order chi connectivity index (χ0) is 19.0. The minimum Gasteiger partial charge on any atom is -0.462 e. The Morgan fingerprint density at radius 2 is 1.88 bits per heavy atom. The Morgan fingerprint density at radius 1 is 1.19 bits per heavy atom. The zero-order valence-electron chi connectivity index (χ0n) is 16.2. The molecule has 0 amide bonds. The van der Waals surface area contributed by atoms with Gasteiger partial charge >= 0.3 is 5.97 Å². The van der Waals surface area contributed by atoms with E-state index in [2.05, 4.69) is 13.8 Å². The SMILES string of the molecule is COC1CC(C)C2CC3OC(=O)CC4C(C)=CC(=O)C(C2(C)C1=O)C34C. The van der Waals surface area contributed by atoms with Crippen molar-refractivity contribution in [2.45, 2.75) is 59.2 Å². The van der Waals surface area contributed by atoms with Crippen LogP contribution in [0.2, 0.25) is 0 Å². The molecule has 0 aromatic rings. The maximum absolute atomic E-state index is 13.5. The number of carbonyl (C=O) groups excluding carboxylic acids is 3. The minimum atomic E-state index is -0.778. The predicted octanol–water partition coefficient (Wildman–Crippen LogP) is 2.72. The summed E-state index contributed by atoms with van der Waals surface area (Å²) in [5, 5.41) is 0. The van der Waals surface area contributed by atoms with E-state index in [1.165, 1.54) is 0 Å². The first-order valence-corrected chi connectivity index (χ1v) is 9.64. The molecule has 0 aromatic carbocycles. The Morgan fingerprint density at radius 3 is 2.54 bits per heavy atom. The molecule has 26 heavy (non-hydrogen) atoms. The third-order valence-corrected chi connectivity index (χ3v) is 8.13. The van der Waals surface area contributed by atoms with Gasteiger partial charge in [0, 0.05) is 29.8 Å². The summed E-state index contributed by atoms with van der Waals surface area (Å²) in [6.45, 7) is 8.08. The van der Waals surface area contributed by atoms with E-state index in [1.807, 2.05) is 13.8 Å². The number of methoxy groups -OCH3 is 1. The van der Waals surface area contributed by atoms with Crippen LogP contribution in [0.3, 0.4) is 0 Å². The second-order valence-corrected chi connectivity index (χ2v) is 9.25. The molecule has 4 aliphatic rings. The lowest BCUT2D eigenvalue weighted by atomic mass is 9.39. The van der Waals surface area contributed by atoms with Crippen molar-refractivity contribution in [1.82, 2.24) is 0 Å². The molecule has 3 aliphatic carbocycles. The first kappa shape index (κ1) is 17.9. The molecule has 0 radical (unpaired) electrons. The number of allylic oxidation sites excluding steroid dienone is 2. The van der Waals surface area contributed by atoms with Gasteiger partial charge in [-0.15, -0.1) is 0 Å². The van der Waals surface area contributed by atoms with Crippen LogP contribution in [0.4, 0.5) is 0 Å². The van der Waals surface area contributed by atoms with Gasteiger partial charge in [-0.2, -0.15) is 0 Å². The van der Waals surface area contributed by atoms with Crippen LogP contribution in [0.25, 0.3) is 0 Å². The molecule has 1 heterocycles. The molecule has 2 saturated carbocycles. The Bertz CT molecular complexity index is 724. The highest BCUT2D eigenvalue weighted by Gasteiger charge is 2.71. The molecule has 8 atom stereocenters. The summed E-state index contributed by atoms with van der Waals surface area (Å²) in [5.74, 6) is -0.392. The highest BCUT2D eigenvalue weighted by Crippen LogP contribution is 2.66. The Kier molecular flexibility index (Phi) is 3.79. The van der Waals surface area contributed by atoms with E-state index in [1.54, 1.807) is 13.2 Å². The normalized spacial score (nSPS) is 50.5. The Hall–Kier alpha value is -1.49. The van der Waals surface area contributed by atoms with Gasteiger partial charge in [0.2, 0.25) is 0 Å². The average Bonchev–Trinajstić information content (AvgIpc) is 2.56. The highest BCUT2D eigenvalue weighted by molar-refractivity contribution is 6.02. The van der Waals surface area contributed by atoms with Crippen LogP contribution in [0.1, 0.15) is 47.0 Å². The maximum atomic E-state index is 13.5. The maximum Gasteiger partial charge on any atom is 0.306 e. The molecule has 1 saturated heterocycles. The van der Waals surface area contributed by atoms with Crippen LogP contribution in [0.15, 0.2) is 11.6 Å². The Balaban J connectivity index is 1.92. The number of hydrogen-bond donors (Lipinski definition) is 0. The van der Waals surface area contributed by atoms with Gasteiger partial charge in [-0.1, -0.05) is 26.3 Å². The van der Waals surface area contributed by atoms with Crippen molar-refractivity contribution in [3.8, 4) is 0 Å². The number of fused-ring (bicyclic) bond motifs is 2. The monoisotopic (exact) mass is 360 g/mol. The average molecular weight is 360 g/mol. The second kappa shape index (κ2) is 5.51. The van der Waals surface area contributed by atoms with E-state index in [0.717, 1.165) is 5.57 Å². The lowest BCUT2D eigenvalue weighted by Gasteiger charge is -2.64. The highest BCUT2D eigenvalue weighted by atomic mass is 16.5. The van der Waals surface area contributed by atoms with Crippen molar-refractivity contribution < 1.29 is 23.9 Å². The summed E-state index contributed by atoms with van der Waals surface area (Å²) in [6, 6.07) is 0. The number of carbonyl (C=O) groups is 3. The number of hydrogen-bond acceptors (Lipinski definition) is 5. The van der Waals surface area contributed by atoms with Crippen LogP contribution in [-0.4, -0.2) is 36.9 Å². The van der Waals surface area contributed by atoms with E-state index in [-0.39, 0.29) is 47.8 Å². The van der Waals surface area contributed by atoms with E-state index in [4.69, 9.17) is 9.47 Å². The standard InChI is InChI=1S/C21H28O5/c1-10-6-14(22)18-20(3)13(10)9-17(23)26-16(20)8-12-11(2)7-15(25-5)19(24)21(12,18)4/h6,11-13,15-16,18H,7-9H2,1-5H3. The number of rotatable bonds is 1. The van der Waals surface area contributed by atoms with Crippen LogP contribution in [-0.2, 0) is 23.9 Å². The van der Waals surface area contributed by atoms with Crippen LogP contribution >= 0.6 is 0 Å². The van der Waals surface area contributed by atoms with E-state index >= 15 is 0 Å². The number of esters is 1. The molecule has 0 spiro atoms. The van der Waals surface area contributed by atoms with Gasteiger partial charge in [-0.05, 0) is 37.7 Å². The molecule has 3 fully saturated rings. The summed E-state index contributed by atoms with van der Waals surface area (Å²) in [4.78, 5) is 39.0. The minimum absolute atomic E-state index is 0.00806. The van der Waals surface area contributed by atoms with Crippen molar-refractivity contribution in [3.63, 3.8) is 0 Å². The molecule has 142 valence electrons. The fraction of sp³-hybridized carbons (Fsp3) is 0.762. The molecule has 0 N–H and O–H groups in total. The quantitative estimate of drug-likeness (QED) is 0.673. The van der Waals surface area contributed by atoms with Crippen LogP contribution < -0.4 is 0 Å². The molecular formula is C21H28O5. The topological polar surface area (TPSA) is 69.7 Å². The molecule has 4 rings (SSSR count). The summed E-state index contributed by atoms with van der Waals surface area (Å²) >= 11 is 0. The number of ketones is 2. The van der Waals surface area contributed by atoms with Gasteiger partial charge in [0.15, 0.2) is 11.6 Å². The van der Waals surface area contributed by atoms with Crippen molar-refractivity contribution >= 4 is 17.5 Å². The fourth-order valence-corrected chi connectivity index (χ4v) is 6.94. The number of Topliss-reactive ketones (excluding diaryl/α,β-unsaturated/α-hetero) is 1. The van der Waals surface area contributed by atoms with E-state index in [0.29, 0.717) is 12.8 Å². The van der Waals surface area contributed by atoms with Crippen molar-refractivity contribution in [3.05, 3.63) is 11.6 Å². The molecule has 5 nitrogen and oxygen atoms in total. The third-order valence-electron chi connectivity index (χ3n) is 8.13. The molecule has 0 aromatic heterocycles. The smallest absolute Gasteiger partial charge is 0.306 e. The molecular weight excluding hydrogens is 332 g/mol. The summed E-state index contributed by atoms with van der Waals surface area (Å²) in [5.41, 5.74) is -0.364. The lowest BCUT2D eigenvalue weighted by molar-refractivity contribution is -0.223. The molecule has 0 bridgehead atoms.